The number of thioether (sulfide) groups is 1. The Morgan fingerprint density at radius 3 is 2.52 bits per heavy atom. The molecule has 0 aliphatic rings. The Hall–Kier alpha value is -0.830. The lowest BCUT2D eigenvalue weighted by molar-refractivity contribution is 0.0696. The summed E-state index contributed by atoms with van der Waals surface area (Å²) in [5.41, 5.74) is -0.596. The fourth-order valence-electron chi connectivity index (χ4n) is 1.30. The molecule has 1 aromatic carbocycles. The molecule has 9 heteroatoms. The molecule has 2 N–H and O–H groups in total. The van der Waals surface area contributed by atoms with Crippen LogP contribution in [0.15, 0.2) is 17.0 Å². The second-order valence-corrected chi connectivity index (χ2v) is 8.52. The predicted octanol–water partition coefficient (Wildman–Crippen LogP) is 2.60. The van der Waals surface area contributed by atoms with Crippen LogP contribution in [0.3, 0.4) is 0 Å². The van der Waals surface area contributed by atoms with Gasteiger partial charge in [-0.25, -0.2) is 22.3 Å². The average molecular weight is 356 g/mol. The Morgan fingerprint density at radius 1 is 1.48 bits per heavy atom. The van der Waals surface area contributed by atoms with E-state index in [4.69, 9.17) is 16.7 Å². The largest absolute Gasteiger partial charge is 0.478 e. The molecule has 5 nitrogen and oxygen atoms in total. The van der Waals surface area contributed by atoms with Crippen LogP contribution in [0.25, 0.3) is 0 Å². The Kier molecular flexibility index (Phi) is 5.65. The fourth-order valence-corrected chi connectivity index (χ4v) is 3.05. The lowest BCUT2D eigenvalue weighted by atomic mass is 10.2. The molecule has 0 bridgehead atoms. The van der Waals surface area contributed by atoms with Crippen LogP contribution >= 0.6 is 23.4 Å². The molecule has 1 rings (SSSR count). The van der Waals surface area contributed by atoms with Gasteiger partial charge in [0.25, 0.3) is 0 Å². The summed E-state index contributed by atoms with van der Waals surface area (Å²) in [4.78, 5) is 10.5. The molecule has 0 fully saturated rings. The molecule has 0 atom stereocenters. The second kappa shape index (κ2) is 6.51. The third-order valence-electron chi connectivity index (χ3n) is 2.78. The normalized spacial score (nSPS) is 12.4. The van der Waals surface area contributed by atoms with Crippen LogP contribution in [-0.4, -0.2) is 37.0 Å². The maximum absolute atomic E-state index is 13.6. The quantitative estimate of drug-likeness (QED) is 0.819. The summed E-state index contributed by atoms with van der Waals surface area (Å²) >= 11 is 6.97. The summed E-state index contributed by atoms with van der Waals surface area (Å²) in [5, 5.41) is 8.29. The van der Waals surface area contributed by atoms with Crippen LogP contribution in [0.4, 0.5) is 4.39 Å². The molecule has 118 valence electrons. The van der Waals surface area contributed by atoms with Crippen molar-refractivity contribution in [2.75, 3.05) is 12.8 Å². The lowest BCUT2D eigenvalue weighted by Crippen LogP contribution is -2.36. The smallest absolute Gasteiger partial charge is 0.337 e. The Labute approximate surface area is 131 Å². The highest BCUT2D eigenvalue weighted by molar-refractivity contribution is 8.00. The summed E-state index contributed by atoms with van der Waals surface area (Å²) in [6, 6.07) is 1.53. The molecule has 1 aromatic rings. The van der Waals surface area contributed by atoms with E-state index in [0.717, 1.165) is 6.07 Å². The molecule has 0 amide bonds. The summed E-state index contributed by atoms with van der Waals surface area (Å²) in [7, 11) is -4.02. The number of benzene rings is 1. The van der Waals surface area contributed by atoms with Crippen molar-refractivity contribution in [2.24, 2.45) is 0 Å². The van der Waals surface area contributed by atoms with E-state index >= 15 is 0 Å². The Balaban J connectivity index is 3.18. The van der Waals surface area contributed by atoms with Crippen molar-refractivity contribution >= 4 is 39.4 Å². The van der Waals surface area contributed by atoms with Crippen molar-refractivity contribution < 1.29 is 22.7 Å². The van der Waals surface area contributed by atoms with E-state index in [9.17, 15) is 17.6 Å². The molecule has 0 saturated heterocycles. The summed E-state index contributed by atoms with van der Waals surface area (Å²) in [6.45, 7) is 3.79. The first-order valence-corrected chi connectivity index (χ1v) is 8.86. The first-order valence-electron chi connectivity index (χ1n) is 5.77. The Bertz CT molecular complexity index is 661. The van der Waals surface area contributed by atoms with Crippen LogP contribution in [0.1, 0.15) is 24.2 Å². The second-order valence-electron chi connectivity index (χ2n) is 4.86. The molecule has 0 heterocycles. The molecule has 0 unspecified atom stereocenters. The molecular formula is C12H15ClFNO4S2. The van der Waals surface area contributed by atoms with Crippen LogP contribution in [0.5, 0.6) is 0 Å². The highest BCUT2D eigenvalue weighted by Gasteiger charge is 2.24. The standard InChI is InChI=1S/C12H15ClFNO4S2/c1-12(2,20-3)6-15-21(18,19)7-4-8(11(16)17)10(13)9(14)5-7/h4-5,15H,6H2,1-3H3,(H,16,17). The van der Waals surface area contributed by atoms with Crippen molar-refractivity contribution in [3.63, 3.8) is 0 Å². The number of carboxylic acids is 1. The van der Waals surface area contributed by atoms with Gasteiger partial charge in [-0.2, -0.15) is 11.8 Å². The summed E-state index contributed by atoms with van der Waals surface area (Å²) < 4.78 is 39.8. The molecule has 0 saturated carbocycles. The molecule has 0 aliphatic heterocycles. The third-order valence-corrected chi connectivity index (χ3v) is 5.80. The van der Waals surface area contributed by atoms with E-state index in [1.54, 1.807) is 0 Å². The van der Waals surface area contributed by atoms with Gasteiger partial charge < -0.3 is 5.11 Å². The number of sulfonamides is 1. The van der Waals surface area contributed by atoms with Gasteiger partial charge in [-0.1, -0.05) is 11.6 Å². The van der Waals surface area contributed by atoms with Crippen LogP contribution in [0.2, 0.25) is 5.02 Å². The van der Waals surface area contributed by atoms with Gasteiger partial charge in [0.05, 0.1) is 15.5 Å². The first-order chi connectivity index (χ1) is 9.50. The van der Waals surface area contributed by atoms with E-state index in [-0.39, 0.29) is 11.3 Å². The Morgan fingerprint density at radius 2 is 2.05 bits per heavy atom. The molecule has 0 spiro atoms. The molecule has 0 aromatic heterocycles. The summed E-state index contributed by atoms with van der Waals surface area (Å²) in [5.74, 6) is -2.60. The van der Waals surface area contributed by atoms with E-state index in [1.165, 1.54) is 11.8 Å². The minimum Gasteiger partial charge on any atom is -0.478 e. The highest BCUT2D eigenvalue weighted by Crippen LogP contribution is 2.25. The van der Waals surface area contributed by atoms with Gasteiger partial charge in [-0.15, -0.1) is 0 Å². The SMILES string of the molecule is CSC(C)(C)CNS(=O)(=O)c1cc(F)c(Cl)c(C(=O)O)c1. The highest BCUT2D eigenvalue weighted by atomic mass is 35.5. The van der Waals surface area contributed by atoms with Gasteiger partial charge in [0.2, 0.25) is 10.0 Å². The molecule has 0 aliphatic carbocycles. The first kappa shape index (κ1) is 18.2. The van der Waals surface area contributed by atoms with E-state index in [1.807, 2.05) is 20.1 Å². The van der Waals surface area contributed by atoms with Crippen molar-refractivity contribution in [2.45, 2.75) is 23.5 Å². The molecule has 0 radical (unpaired) electrons. The molecule has 21 heavy (non-hydrogen) atoms. The number of nitrogens with one attached hydrogen (secondary N) is 1. The third kappa shape index (κ3) is 4.57. The van der Waals surface area contributed by atoms with Crippen LogP contribution < -0.4 is 4.72 Å². The van der Waals surface area contributed by atoms with Crippen molar-refractivity contribution in [1.82, 2.24) is 4.72 Å². The zero-order valence-electron chi connectivity index (χ0n) is 11.6. The number of carboxylic acid groups (broad SMARTS) is 1. The topological polar surface area (TPSA) is 83.5 Å². The van der Waals surface area contributed by atoms with Crippen LogP contribution in [0, 0.1) is 5.82 Å². The van der Waals surface area contributed by atoms with Gasteiger partial charge in [0, 0.05) is 11.3 Å². The fraction of sp³-hybridized carbons (Fsp3) is 0.417. The van der Waals surface area contributed by atoms with Gasteiger partial charge >= 0.3 is 5.97 Å². The van der Waals surface area contributed by atoms with E-state index < -0.39 is 37.3 Å². The van der Waals surface area contributed by atoms with Crippen molar-refractivity contribution in [3.8, 4) is 0 Å². The van der Waals surface area contributed by atoms with E-state index in [0.29, 0.717) is 6.07 Å². The number of carbonyl (C=O) groups is 1. The minimum atomic E-state index is -4.02. The number of rotatable bonds is 6. The van der Waals surface area contributed by atoms with Gasteiger partial charge in [0.1, 0.15) is 5.82 Å². The minimum absolute atomic E-state index is 0.114. The number of hydrogen-bond acceptors (Lipinski definition) is 4. The van der Waals surface area contributed by atoms with Crippen molar-refractivity contribution in [1.29, 1.82) is 0 Å². The van der Waals surface area contributed by atoms with Gasteiger partial charge in [-0.3, -0.25) is 0 Å². The van der Waals surface area contributed by atoms with Crippen molar-refractivity contribution in [3.05, 3.63) is 28.5 Å². The van der Waals surface area contributed by atoms with E-state index in [2.05, 4.69) is 4.72 Å². The van der Waals surface area contributed by atoms with Gasteiger partial charge in [-0.05, 0) is 32.2 Å². The maximum atomic E-state index is 13.6. The number of aromatic carboxylic acids is 1. The number of hydrogen-bond donors (Lipinski definition) is 2. The lowest BCUT2D eigenvalue weighted by Gasteiger charge is -2.22. The van der Waals surface area contributed by atoms with Gasteiger partial charge in [0.15, 0.2) is 0 Å². The zero-order valence-corrected chi connectivity index (χ0v) is 14.0. The van der Waals surface area contributed by atoms with Crippen LogP contribution in [-0.2, 0) is 10.0 Å². The maximum Gasteiger partial charge on any atom is 0.337 e. The predicted molar refractivity (Wildman–Crippen MR) is 81.2 cm³/mol. The molecular weight excluding hydrogens is 341 g/mol. The summed E-state index contributed by atoms with van der Waals surface area (Å²) in [6.07, 6.45) is 1.83. The zero-order chi connectivity index (χ0) is 16.4. The monoisotopic (exact) mass is 355 g/mol. The average Bonchev–Trinajstić information content (AvgIpc) is 2.39. The number of halogens is 2.